The summed E-state index contributed by atoms with van der Waals surface area (Å²) >= 11 is 3.30. The Hall–Kier alpha value is -1.86. The van der Waals surface area contributed by atoms with Crippen LogP contribution in [0.4, 0.5) is 5.69 Å². The number of sulfonamides is 1. The fourth-order valence-corrected chi connectivity index (χ4v) is 5.17. The third-order valence-corrected chi connectivity index (χ3v) is 7.61. The van der Waals surface area contributed by atoms with Crippen LogP contribution in [-0.2, 0) is 20.2 Å². The number of anilines is 1. The van der Waals surface area contributed by atoms with Crippen LogP contribution in [0.3, 0.4) is 0 Å². The molecule has 5 nitrogen and oxygen atoms in total. The average Bonchev–Trinajstić information content (AvgIpc) is 3.33. The van der Waals surface area contributed by atoms with Gasteiger partial charge in [0.2, 0.25) is 5.91 Å². The number of hydrogen-bond acceptors (Lipinski definition) is 3. The molecule has 0 atom stereocenters. The minimum absolute atomic E-state index is 0.114. The number of halogens is 1. The summed E-state index contributed by atoms with van der Waals surface area (Å²) in [6.07, 6.45) is 6.19. The van der Waals surface area contributed by atoms with Crippen LogP contribution in [0.2, 0.25) is 0 Å². The molecule has 2 fully saturated rings. The molecule has 2 aromatic carbocycles. The lowest BCUT2D eigenvalue weighted by atomic mass is 9.94. The van der Waals surface area contributed by atoms with E-state index in [0.717, 1.165) is 35.7 Å². The summed E-state index contributed by atoms with van der Waals surface area (Å²) in [5, 5.41) is 3.20. The zero-order valence-corrected chi connectivity index (χ0v) is 17.9. The molecule has 0 heterocycles. The molecule has 2 aliphatic rings. The molecule has 2 saturated carbocycles. The number of hydrogen-bond donors (Lipinski definition) is 2. The molecule has 0 saturated heterocycles. The molecule has 0 aliphatic heterocycles. The van der Waals surface area contributed by atoms with Gasteiger partial charge in [-0.25, -0.2) is 8.42 Å². The average molecular weight is 463 g/mol. The van der Waals surface area contributed by atoms with E-state index in [4.69, 9.17) is 0 Å². The van der Waals surface area contributed by atoms with Gasteiger partial charge in [-0.2, -0.15) is 0 Å². The molecule has 1 amide bonds. The van der Waals surface area contributed by atoms with Gasteiger partial charge in [0.05, 0.1) is 10.3 Å². The Morgan fingerprint density at radius 3 is 2.14 bits per heavy atom. The first-order valence-corrected chi connectivity index (χ1v) is 11.9. The summed E-state index contributed by atoms with van der Waals surface area (Å²) in [5.74, 6) is 0.114. The van der Waals surface area contributed by atoms with E-state index in [-0.39, 0.29) is 10.8 Å². The van der Waals surface area contributed by atoms with Gasteiger partial charge in [0, 0.05) is 16.2 Å². The minimum Gasteiger partial charge on any atom is -0.353 e. The van der Waals surface area contributed by atoms with Gasteiger partial charge in [0.15, 0.2) is 0 Å². The maximum atomic E-state index is 12.8. The molecule has 28 heavy (non-hydrogen) atoms. The maximum absolute atomic E-state index is 12.8. The largest absolute Gasteiger partial charge is 0.353 e. The minimum atomic E-state index is -3.64. The van der Waals surface area contributed by atoms with Crippen molar-refractivity contribution in [2.24, 2.45) is 0 Å². The normalized spacial score (nSPS) is 18.6. The van der Waals surface area contributed by atoms with E-state index in [9.17, 15) is 13.2 Å². The van der Waals surface area contributed by atoms with Gasteiger partial charge in [0.1, 0.15) is 0 Å². The molecule has 0 unspecified atom stereocenters. The van der Waals surface area contributed by atoms with Crippen LogP contribution in [0.1, 0.15) is 44.1 Å². The first kappa shape index (κ1) is 19.5. The zero-order valence-electron chi connectivity index (χ0n) is 15.4. The van der Waals surface area contributed by atoms with Gasteiger partial charge in [-0.3, -0.25) is 9.52 Å². The van der Waals surface area contributed by atoms with Crippen molar-refractivity contribution in [3.8, 4) is 0 Å². The molecular weight excluding hydrogens is 440 g/mol. The Kier molecular flexibility index (Phi) is 5.22. The Morgan fingerprint density at radius 1 is 0.964 bits per heavy atom. The summed E-state index contributed by atoms with van der Waals surface area (Å²) in [7, 11) is -3.64. The van der Waals surface area contributed by atoms with Crippen molar-refractivity contribution < 1.29 is 13.2 Å². The van der Waals surface area contributed by atoms with Crippen molar-refractivity contribution in [2.75, 3.05) is 4.72 Å². The van der Waals surface area contributed by atoms with Crippen LogP contribution < -0.4 is 10.0 Å². The monoisotopic (exact) mass is 462 g/mol. The van der Waals surface area contributed by atoms with E-state index in [1.54, 1.807) is 36.4 Å². The summed E-state index contributed by atoms with van der Waals surface area (Å²) < 4.78 is 28.5. The molecule has 148 valence electrons. The van der Waals surface area contributed by atoms with Crippen LogP contribution in [0, 0.1) is 0 Å². The third-order valence-electron chi connectivity index (χ3n) is 5.69. The van der Waals surface area contributed by atoms with E-state index in [1.165, 1.54) is 12.8 Å². The summed E-state index contributed by atoms with van der Waals surface area (Å²) in [4.78, 5) is 13.0. The highest BCUT2D eigenvalue weighted by atomic mass is 79.9. The molecule has 0 radical (unpaired) electrons. The van der Waals surface area contributed by atoms with Crippen molar-refractivity contribution in [1.82, 2.24) is 5.32 Å². The van der Waals surface area contributed by atoms with Gasteiger partial charge >= 0.3 is 0 Å². The summed E-state index contributed by atoms with van der Waals surface area (Å²) in [6, 6.07) is 14.0. The van der Waals surface area contributed by atoms with Gasteiger partial charge in [-0.1, -0.05) is 40.9 Å². The highest BCUT2D eigenvalue weighted by molar-refractivity contribution is 9.10. The molecule has 2 aliphatic carbocycles. The van der Waals surface area contributed by atoms with E-state index in [0.29, 0.717) is 11.7 Å². The van der Waals surface area contributed by atoms with Crippen molar-refractivity contribution in [3.05, 3.63) is 58.6 Å². The Morgan fingerprint density at radius 2 is 1.57 bits per heavy atom. The Labute approximate surface area is 174 Å². The first-order valence-electron chi connectivity index (χ1n) is 9.59. The van der Waals surface area contributed by atoms with Crippen LogP contribution in [-0.4, -0.2) is 20.4 Å². The number of benzene rings is 2. The summed E-state index contributed by atoms with van der Waals surface area (Å²) in [6.45, 7) is 0. The van der Waals surface area contributed by atoms with E-state index in [1.807, 2.05) is 12.1 Å². The molecule has 2 N–H and O–H groups in total. The molecule has 2 aromatic rings. The summed E-state index contributed by atoms with van der Waals surface area (Å²) in [5.41, 5.74) is 0.999. The first-order chi connectivity index (χ1) is 13.4. The topological polar surface area (TPSA) is 75.3 Å². The van der Waals surface area contributed by atoms with Crippen LogP contribution in [0.15, 0.2) is 57.9 Å². The number of amides is 1. The Balaban J connectivity index is 1.46. The second-order valence-corrected chi connectivity index (χ2v) is 10.3. The quantitative estimate of drug-likeness (QED) is 0.670. The maximum Gasteiger partial charge on any atom is 0.261 e. The Bertz CT molecular complexity index is 962. The lowest BCUT2D eigenvalue weighted by Gasteiger charge is -2.20. The predicted molar refractivity (Wildman–Crippen MR) is 113 cm³/mol. The van der Waals surface area contributed by atoms with Crippen LogP contribution in [0.25, 0.3) is 0 Å². The van der Waals surface area contributed by atoms with Gasteiger partial charge in [-0.05, 0) is 67.6 Å². The second kappa shape index (κ2) is 7.52. The zero-order chi connectivity index (χ0) is 19.8. The number of nitrogens with one attached hydrogen (secondary N) is 2. The fourth-order valence-electron chi connectivity index (χ4n) is 3.85. The lowest BCUT2D eigenvalue weighted by Crippen LogP contribution is -2.40. The second-order valence-electron chi connectivity index (χ2n) is 7.67. The number of rotatable bonds is 6. The van der Waals surface area contributed by atoms with Gasteiger partial charge in [-0.15, -0.1) is 0 Å². The standard InChI is InChI=1S/C21H23BrN2O3S/c22-16-7-11-19(12-8-16)28(26,27)24-18-9-5-15(6-10-18)21(13-14-21)20(25)23-17-3-1-2-4-17/h5-12,17,24H,1-4,13-14H2,(H,23,25). The molecule has 0 spiro atoms. The van der Waals surface area contributed by atoms with E-state index < -0.39 is 15.4 Å². The van der Waals surface area contributed by atoms with Crippen molar-refractivity contribution >= 4 is 37.5 Å². The van der Waals surface area contributed by atoms with Crippen molar-refractivity contribution in [1.29, 1.82) is 0 Å². The van der Waals surface area contributed by atoms with E-state index in [2.05, 4.69) is 26.0 Å². The molecule has 4 rings (SSSR count). The highest BCUT2D eigenvalue weighted by Crippen LogP contribution is 2.49. The van der Waals surface area contributed by atoms with Gasteiger partial charge < -0.3 is 5.32 Å². The molecular formula is C21H23BrN2O3S. The smallest absolute Gasteiger partial charge is 0.261 e. The van der Waals surface area contributed by atoms with Crippen molar-refractivity contribution in [2.45, 2.75) is 54.9 Å². The van der Waals surface area contributed by atoms with Gasteiger partial charge in [0.25, 0.3) is 10.0 Å². The van der Waals surface area contributed by atoms with Crippen LogP contribution >= 0.6 is 15.9 Å². The number of carbonyl (C=O) groups excluding carboxylic acids is 1. The third kappa shape index (κ3) is 3.96. The number of carbonyl (C=O) groups is 1. The fraction of sp³-hybridized carbons (Fsp3) is 0.381. The molecule has 0 aromatic heterocycles. The van der Waals surface area contributed by atoms with Crippen molar-refractivity contribution in [3.63, 3.8) is 0 Å². The highest BCUT2D eigenvalue weighted by Gasteiger charge is 2.51. The SMILES string of the molecule is O=C(NC1CCCC1)C1(c2ccc(NS(=O)(=O)c3ccc(Br)cc3)cc2)CC1. The predicted octanol–water partition coefficient (Wildman–Crippen LogP) is 4.34. The lowest BCUT2D eigenvalue weighted by molar-refractivity contribution is -0.124. The van der Waals surface area contributed by atoms with Crippen LogP contribution in [0.5, 0.6) is 0 Å². The molecule has 0 bridgehead atoms. The van der Waals surface area contributed by atoms with E-state index >= 15 is 0 Å². The molecule has 7 heteroatoms.